The van der Waals surface area contributed by atoms with Crippen molar-refractivity contribution >= 4 is 63.5 Å². The highest BCUT2D eigenvalue weighted by molar-refractivity contribution is 7.20. The molecule has 94 valence electrons. The van der Waals surface area contributed by atoms with Crippen LogP contribution in [0.1, 0.15) is 15.9 Å². The van der Waals surface area contributed by atoms with Gasteiger partial charge in [0.2, 0.25) is 0 Å². The van der Waals surface area contributed by atoms with Crippen LogP contribution in [0.25, 0.3) is 0 Å². The van der Waals surface area contributed by atoms with Crippen molar-refractivity contribution in [3.05, 3.63) is 54.1 Å². The van der Waals surface area contributed by atoms with Gasteiger partial charge in [-0.15, -0.1) is 11.3 Å². The fourth-order valence-electron chi connectivity index (χ4n) is 1.46. The molecular formula is C12H6Cl4OS. The molecule has 6 heteroatoms. The van der Waals surface area contributed by atoms with Crippen LogP contribution in [0.3, 0.4) is 0 Å². The van der Waals surface area contributed by atoms with Gasteiger partial charge in [-0.2, -0.15) is 0 Å². The van der Waals surface area contributed by atoms with Crippen LogP contribution in [0.5, 0.6) is 0 Å². The van der Waals surface area contributed by atoms with Gasteiger partial charge >= 0.3 is 0 Å². The van der Waals surface area contributed by atoms with E-state index in [2.05, 4.69) is 0 Å². The summed E-state index contributed by atoms with van der Waals surface area (Å²) < 4.78 is 0.905. The molecule has 0 bridgehead atoms. The van der Waals surface area contributed by atoms with Gasteiger partial charge in [-0.1, -0.05) is 52.5 Å². The molecule has 0 aliphatic heterocycles. The Kier molecular flexibility index (Phi) is 4.57. The van der Waals surface area contributed by atoms with Crippen molar-refractivity contribution in [2.24, 2.45) is 0 Å². The topological polar surface area (TPSA) is 17.1 Å². The van der Waals surface area contributed by atoms with Crippen LogP contribution in [0.4, 0.5) is 0 Å². The minimum Gasteiger partial charge on any atom is -0.294 e. The molecule has 0 spiro atoms. The molecule has 0 unspecified atom stereocenters. The predicted molar refractivity (Wildman–Crippen MR) is 78.8 cm³/mol. The number of thiophene rings is 1. The molecule has 1 nitrogen and oxygen atoms in total. The Labute approximate surface area is 128 Å². The van der Waals surface area contributed by atoms with Crippen molar-refractivity contribution in [2.45, 2.75) is 6.42 Å². The van der Waals surface area contributed by atoms with Crippen LogP contribution in [-0.2, 0) is 6.42 Å². The second kappa shape index (κ2) is 5.81. The van der Waals surface area contributed by atoms with Crippen molar-refractivity contribution in [3.8, 4) is 0 Å². The monoisotopic (exact) mass is 338 g/mol. The quantitative estimate of drug-likeness (QED) is 0.647. The molecule has 0 aliphatic carbocycles. The maximum absolute atomic E-state index is 12.0. The number of carbonyl (C=O) groups is 1. The largest absolute Gasteiger partial charge is 0.294 e. The number of halogens is 4. The first-order chi connectivity index (χ1) is 8.47. The van der Waals surface area contributed by atoms with Crippen LogP contribution in [0.15, 0.2) is 24.3 Å². The number of hydrogen-bond acceptors (Lipinski definition) is 2. The molecule has 0 radical (unpaired) electrons. The summed E-state index contributed by atoms with van der Waals surface area (Å²) in [6.07, 6.45) is 0.212. The number of Topliss-reactive ketones (excluding diaryl/α,β-unsaturated/α-hetero) is 1. The lowest BCUT2D eigenvalue weighted by atomic mass is 10.1. The summed E-state index contributed by atoms with van der Waals surface area (Å²) in [4.78, 5) is 12.0. The smallest absolute Gasteiger partial charge is 0.169 e. The van der Waals surface area contributed by atoms with E-state index in [9.17, 15) is 4.79 Å². The Bertz CT molecular complexity index is 606. The lowest BCUT2D eigenvalue weighted by Crippen LogP contribution is -2.02. The van der Waals surface area contributed by atoms with Crippen LogP contribution in [0, 0.1) is 0 Å². The first-order valence-electron chi connectivity index (χ1n) is 4.89. The van der Waals surface area contributed by atoms with E-state index in [1.807, 2.05) is 0 Å². The number of rotatable bonds is 3. The Morgan fingerprint density at radius 2 is 1.78 bits per heavy atom. The molecule has 0 saturated carbocycles. The summed E-state index contributed by atoms with van der Waals surface area (Å²) in [6, 6.07) is 6.67. The average molecular weight is 340 g/mol. The average Bonchev–Trinajstić information content (AvgIpc) is 2.63. The van der Waals surface area contributed by atoms with E-state index in [4.69, 9.17) is 46.4 Å². The zero-order valence-electron chi connectivity index (χ0n) is 8.84. The summed E-state index contributed by atoms with van der Waals surface area (Å²) in [6.45, 7) is 0. The summed E-state index contributed by atoms with van der Waals surface area (Å²) in [5, 5.41) is 0.890. The summed E-state index contributed by atoms with van der Waals surface area (Å²) in [5.74, 6) is -0.0958. The number of benzene rings is 1. The Balaban J connectivity index is 2.21. The summed E-state index contributed by atoms with van der Waals surface area (Å²) in [5.41, 5.74) is 1.23. The number of carbonyl (C=O) groups excluding carboxylic acids is 1. The highest BCUT2D eigenvalue weighted by Gasteiger charge is 2.15. The first-order valence-corrected chi connectivity index (χ1v) is 7.22. The molecule has 0 atom stereocenters. The molecule has 2 aromatic rings. The maximum atomic E-state index is 12.0. The fourth-order valence-corrected chi connectivity index (χ4v) is 3.28. The van der Waals surface area contributed by atoms with Gasteiger partial charge in [0.05, 0.1) is 14.4 Å². The molecule has 0 N–H and O–H groups in total. The van der Waals surface area contributed by atoms with E-state index >= 15 is 0 Å². The van der Waals surface area contributed by atoms with Crippen molar-refractivity contribution in [2.75, 3.05) is 0 Å². The SMILES string of the molecule is O=C(Cc1ccc(Cl)c(Cl)c1)c1cc(Cl)sc1Cl. The van der Waals surface area contributed by atoms with Crippen molar-refractivity contribution < 1.29 is 4.79 Å². The summed E-state index contributed by atoms with van der Waals surface area (Å²) >= 11 is 24.6. The van der Waals surface area contributed by atoms with E-state index in [0.717, 1.165) is 5.56 Å². The van der Waals surface area contributed by atoms with Crippen molar-refractivity contribution in [1.29, 1.82) is 0 Å². The van der Waals surface area contributed by atoms with E-state index in [1.165, 1.54) is 11.3 Å². The Morgan fingerprint density at radius 3 is 2.33 bits per heavy atom. The molecule has 2 rings (SSSR count). The second-order valence-corrected chi connectivity index (χ2v) is 6.69. The molecular weight excluding hydrogens is 334 g/mol. The third-order valence-electron chi connectivity index (χ3n) is 2.31. The standard InChI is InChI=1S/C12H6Cl4OS/c13-8-2-1-6(3-9(8)14)4-10(17)7-5-11(15)18-12(7)16/h1-3,5H,4H2. The minimum absolute atomic E-state index is 0.0958. The molecule has 18 heavy (non-hydrogen) atoms. The number of hydrogen-bond donors (Lipinski definition) is 0. The molecule has 1 heterocycles. The fraction of sp³-hybridized carbons (Fsp3) is 0.0833. The molecule has 0 saturated heterocycles. The molecule has 0 fully saturated rings. The lowest BCUT2D eigenvalue weighted by molar-refractivity contribution is 0.0993. The zero-order valence-corrected chi connectivity index (χ0v) is 12.7. The molecule has 0 aliphatic rings. The third kappa shape index (κ3) is 3.19. The van der Waals surface area contributed by atoms with Crippen LogP contribution in [-0.4, -0.2) is 5.78 Å². The van der Waals surface area contributed by atoms with Crippen LogP contribution >= 0.6 is 57.7 Å². The maximum Gasteiger partial charge on any atom is 0.169 e. The predicted octanol–water partition coefficient (Wildman–Crippen LogP) is 5.79. The Morgan fingerprint density at radius 1 is 1.06 bits per heavy atom. The van der Waals surface area contributed by atoms with Crippen molar-refractivity contribution in [3.63, 3.8) is 0 Å². The van der Waals surface area contributed by atoms with E-state index in [1.54, 1.807) is 24.3 Å². The van der Waals surface area contributed by atoms with Crippen molar-refractivity contribution in [1.82, 2.24) is 0 Å². The highest BCUT2D eigenvalue weighted by atomic mass is 35.5. The van der Waals surface area contributed by atoms with Crippen LogP contribution < -0.4 is 0 Å². The second-order valence-electron chi connectivity index (χ2n) is 3.59. The van der Waals surface area contributed by atoms with Gasteiger partial charge in [-0.05, 0) is 23.8 Å². The third-order valence-corrected chi connectivity index (χ3v) is 4.53. The molecule has 0 amide bonds. The van der Waals surface area contributed by atoms with Gasteiger partial charge in [0.15, 0.2) is 5.78 Å². The van der Waals surface area contributed by atoms with E-state index in [-0.39, 0.29) is 12.2 Å². The Hall–Kier alpha value is -0.250. The summed E-state index contributed by atoms with van der Waals surface area (Å²) in [7, 11) is 0. The minimum atomic E-state index is -0.0958. The van der Waals surface area contributed by atoms with E-state index < -0.39 is 0 Å². The number of ketones is 1. The molecule has 1 aromatic heterocycles. The zero-order chi connectivity index (χ0) is 13.3. The van der Waals surface area contributed by atoms with Gasteiger partial charge in [-0.25, -0.2) is 0 Å². The van der Waals surface area contributed by atoms with Gasteiger partial charge < -0.3 is 0 Å². The van der Waals surface area contributed by atoms with Gasteiger partial charge in [0.1, 0.15) is 4.34 Å². The van der Waals surface area contributed by atoms with Gasteiger partial charge in [0.25, 0.3) is 0 Å². The van der Waals surface area contributed by atoms with E-state index in [0.29, 0.717) is 24.3 Å². The normalized spacial score (nSPS) is 10.7. The highest BCUT2D eigenvalue weighted by Crippen LogP contribution is 2.32. The lowest BCUT2D eigenvalue weighted by Gasteiger charge is -2.02. The molecule has 1 aromatic carbocycles. The van der Waals surface area contributed by atoms with Crippen LogP contribution in [0.2, 0.25) is 18.7 Å². The van der Waals surface area contributed by atoms with Gasteiger partial charge in [0, 0.05) is 12.0 Å². The first kappa shape index (κ1) is 14.2. The van der Waals surface area contributed by atoms with Gasteiger partial charge in [-0.3, -0.25) is 4.79 Å².